The molecule has 0 saturated heterocycles. The van der Waals surface area contributed by atoms with Crippen LogP contribution >= 0.6 is 0 Å². The van der Waals surface area contributed by atoms with Gasteiger partial charge < -0.3 is 10.5 Å². The molecule has 0 spiro atoms. The van der Waals surface area contributed by atoms with Crippen molar-refractivity contribution >= 4 is 5.97 Å². The smallest absolute Gasteiger partial charge is 0.306 e. The van der Waals surface area contributed by atoms with Crippen LogP contribution in [0.15, 0.2) is 0 Å². The van der Waals surface area contributed by atoms with Crippen molar-refractivity contribution in [3.8, 4) is 0 Å². The number of hydrogen-bond acceptors (Lipinski definition) is 3. The highest BCUT2D eigenvalue weighted by molar-refractivity contribution is 5.69. The minimum Gasteiger partial charge on any atom is -0.463 e. The second kappa shape index (κ2) is 5.35. The van der Waals surface area contributed by atoms with Crippen LogP contribution in [0.25, 0.3) is 0 Å². The summed E-state index contributed by atoms with van der Waals surface area (Å²) < 4.78 is 5.11. The number of ether oxygens (including phenoxy) is 1. The molecule has 1 fully saturated rings. The number of rotatable bonds is 3. The summed E-state index contributed by atoms with van der Waals surface area (Å²) >= 11 is 0. The van der Waals surface area contributed by atoms with E-state index in [1.54, 1.807) is 0 Å². The van der Waals surface area contributed by atoms with E-state index < -0.39 is 0 Å². The van der Waals surface area contributed by atoms with E-state index in [1.807, 2.05) is 13.8 Å². The van der Waals surface area contributed by atoms with E-state index in [4.69, 9.17) is 10.5 Å². The van der Waals surface area contributed by atoms with Gasteiger partial charge in [-0.1, -0.05) is 0 Å². The quantitative estimate of drug-likeness (QED) is 0.706. The molecule has 82 valence electrons. The van der Waals surface area contributed by atoms with Crippen molar-refractivity contribution in [2.24, 2.45) is 11.7 Å². The highest BCUT2D eigenvalue weighted by atomic mass is 16.5. The van der Waals surface area contributed by atoms with Gasteiger partial charge in [-0.2, -0.15) is 0 Å². The third-order valence-corrected chi connectivity index (χ3v) is 2.71. The molecule has 0 atom stereocenters. The zero-order valence-corrected chi connectivity index (χ0v) is 9.16. The first-order valence-electron chi connectivity index (χ1n) is 5.53. The maximum absolute atomic E-state index is 11.3. The largest absolute Gasteiger partial charge is 0.463 e. The van der Waals surface area contributed by atoms with Crippen molar-refractivity contribution in [2.75, 3.05) is 0 Å². The molecule has 0 aromatic rings. The van der Waals surface area contributed by atoms with Crippen LogP contribution in [-0.2, 0) is 9.53 Å². The van der Waals surface area contributed by atoms with Gasteiger partial charge in [-0.05, 0) is 45.4 Å². The lowest BCUT2D eigenvalue weighted by Crippen LogP contribution is -2.28. The predicted octanol–water partition coefficient (Wildman–Crippen LogP) is 1.85. The van der Waals surface area contributed by atoms with E-state index in [2.05, 4.69) is 0 Å². The van der Waals surface area contributed by atoms with Gasteiger partial charge in [0.15, 0.2) is 0 Å². The Labute approximate surface area is 86.0 Å². The van der Waals surface area contributed by atoms with Crippen molar-refractivity contribution in [1.29, 1.82) is 0 Å². The van der Waals surface area contributed by atoms with E-state index >= 15 is 0 Å². The third-order valence-electron chi connectivity index (χ3n) is 2.71. The SMILES string of the molecule is CC(C)OC(=O)C[C@H]1CC[C@H](N)CC1. The Hall–Kier alpha value is -0.570. The van der Waals surface area contributed by atoms with Gasteiger partial charge in [0.05, 0.1) is 6.10 Å². The van der Waals surface area contributed by atoms with Gasteiger partial charge in [-0.15, -0.1) is 0 Å². The lowest BCUT2D eigenvalue weighted by Gasteiger charge is -2.25. The molecule has 1 saturated carbocycles. The summed E-state index contributed by atoms with van der Waals surface area (Å²) in [5.41, 5.74) is 5.79. The number of esters is 1. The van der Waals surface area contributed by atoms with Crippen molar-refractivity contribution in [2.45, 2.75) is 58.1 Å². The zero-order chi connectivity index (χ0) is 10.6. The fourth-order valence-electron chi connectivity index (χ4n) is 1.94. The fourth-order valence-corrected chi connectivity index (χ4v) is 1.94. The Kier molecular flexibility index (Phi) is 4.39. The first-order valence-corrected chi connectivity index (χ1v) is 5.53. The minimum absolute atomic E-state index is 0.00773. The Morgan fingerprint density at radius 1 is 1.36 bits per heavy atom. The first-order chi connectivity index (χ1) is 6.58. The van der Waals surface area contributed by atoms with E-state index in [-0.39, 0.29) is 12.1 Å². The van der Waals surface area contributed by atoms with E-state index in [0.717, 1.165) is 25.7 Å². The van der Waals surface area contributed by atoms with Crippen molar-refractivity contribution in [3.05, 3.63) is 0 Å². The van der Waals surface area contributed by atoms with Gasteiger partial charge >= 0.3 is 5.97 Å². The molecule has 0 aromatic heterocycles. The number of hydrogen-bond donors (Lipinski definition) is 1. The fraction of sp³-hybridized carbons (Fsp3) is 0.909. The molecule has 0 aliphatic heterocycles. The summed E-state index contributed by atoms with van der Waals surface area (Å²) in [7, 11) is 0. The van der Waals surface area contributed by atoms with Crippen LogP contribution in [0.3, 0.4) is 0 Å². The van der Waals surface area contributed by atoms with E-state index in [1.165, 1.54) is 0 Å². The van der Waals surface area contributed by atoms with E-state index in [9.17, 15) is 4.79 Å². The number of carbonyl (C=O) groups is 1. The molecule has 0 radical (unpaired) electrons. The van der Waals surface area contributed by atoms with Crippen molar-refractivity contribution in [1.82, 2.24) is 0 Å². The van der Waals surface area contributed by atoms with Gasteiger partial charge in [0.1, 0.15) is 0 Å². The molecule has 0 amide bonds. The maximum atomic E-state index is 11.3. The molecule has 14 heavy (non-hydrogen) atoms. The van der Waals surface area contributed by atoms with Crippen LogP contribution in [0.2, 0.25) is 0 Å². The van der Waals surface area contributed by atoms with Gasteiger partial charge in [0.25, 0.3) is 0 Å². The highest BCUT2D eigenvalue weighted by Gasteiger charge is 2.21. The normalized spacial score (nSPS) is 27.7. The molecule has 1 aliphatic rings. The maximum Gasteiger partial charge on any atom is 0.306 e. The van der Waals surface area contributed by atoms with Gasteiger partial charge in [-0.3, -0.25) is 4.79 Å². The lowest BCUT2D eigenvalue weighted by atomic mass is 9.84. The standard InChI is InChI=1S/C11H21NO2/c1-8(2)14-11(13)7-9-3-5-10(12)6-4-9/h8-10H,3-7,12H2,1-2H3/t9-,10-. The summed E-state index contributed by atoms with van der Waals surface area (Å²) in [4.78, 5) is 11.3. The van der Waals surface area contributed by atoms with Crippen LogP contribution in [0.5, 0.6) is 0 Å². The predicted molar refractivity (Wildman–Crippen MR) is 55.8 cm³/mol. The highest BCUT2D eigenvalue weighted by Crippen LogP contribution is 2.26. The summed E-state index contributed by atoms with van der Waals surface area (Å²) in [5, 5.41) is 0. The zero-order valence-electron chi connectivity index (χ0n) is 9.16. The molecular weight excluding hydrogens is 178 g/mol. The topological polar surface area (TPSA) is 52.3 Å². The number of carbonyl (C=O) groups excluding carboxylic acids is 1. The molecule has 3 heteroatoms. The van der Waals surface area contributed by atoms with Crippen LogP contribution in [0.1, 0.15) is 46.0 Å². The van der Waals surface area contributed by atoms with Crippen LogP contribution < -0.4 is 5.73 Å². The minimum atomic E-state index is -0.0551. The third kappa shape index (κ3) is 4.09. The monoisotopic (exact) mass is 199 g/mol. The lowest BCUT2D eigenvalue weighted by molar-refractivity contribution is -0.148. The first kappa shape index (κ1) is 11.5. The molecule has 0 bridgehead atoms. The van der Waals surface area contributed by atoms with Crippen LogP contribution in [-0.4, -0.2) is 18.1 Å². The second-order valence-electron chi connectivity index (χ2n) is 4.52. The average molecular weight is 199 g/mol. The van der Waals surface area contributed by atoms with Gasteiger partial charge in [-0.25, -0.2) is 0 Å². The molecule has 0 unspecified atom stereocenters. The summed E-state index contributed by atoms with van der Waals surface area (Å²) in [6.45, 7) is 3.77. The second-order valence-corrected chi connectivity index (χ2v) is 4.52. The van der Waals surface area contributed by atoms with Crippen molar-refractivity contribution in [3.63, 3.8) is 0 Å². The van der Waals surface area contributed by atoms with Crippen LogP contribution in [0, 0.1) is 5.92 Å². The van der Waals surface area contributed by atoms with Gasteiger partial charge in [0, 0.05) is 12.5 Å². The molecule has 3 nitrogen and oxygen atoms in total. The Morgan fingerprint density at radius 3 is 2.43 bits per heavy atom. The van der Waals surface area contributed by atoms with Gasteiger partial charge in [0.2, 0.25) is 0 Å². The van der Waals surface area contributed by atoms with Crippen molar-refractivity contribution < 1.29 is 9.53 Å². The van der Waals surface area contributed by atoms with E-state index in [0.29, 0.717) is 18.4 Å². The Bertz CT molecular complexity index is 184. The van der Waals surface area contributed by atoms with Crippen LogP contribution in [0.4, 0.5) is 0 Å². The molecule has 1 rings (SSSR count). The molecule has 2 N–H and O–H groups in total. The summed E-state index contributed by atoms with van der Waals surface area (Å²) in [6, 6.07) is 0.354. The Balaban J connectivity index is 2.20. The Morgan fingerprint density at radius 2 is 1.93 bits per heavy atom. The molecular formula is C11H21NO2. The summed E-state index contributed by atoms with van der Waals surface area (Å²) in [5.74, 6) is 0.446. The molecule has 0 aromatic carbocycles. The summed E-state index contributed by atoms with van der Waals surface area (Å²) in [6.07, 6.45) is 4.85. The molecule has 0 heterocycles. The number of nitrogens with two attached hydrogens (primary N) is 1. The molecule has 1 aliphatic carbocycles. The average Bonchev–Trinajstić information content (AvgIpc) is 2.07.